The van der Waals surface area contributed by atoms with Gasteiger partial charge in [0.15, 0.2) is 0 Å². The van der Waals surface area contributed by atoms with E-state index in [1.54, 1.807) is 36.3 Å². The Morgan fingerprint density at radius 2 is 2.05 bits per heavy atom. The summed E-state index contributed by atoms with van der Waals surface area (Å²) in [5.41, 5.74) is 1.71. The number of carbonyl (C=O) groups is 1. The summed E-state index contributed by atoms with van der Waals surface area (Å²) < 4.78 is 0. The molecule has 0 saturated carbocycles. The van der Waals surface area contributed by atoms with Crippen molar-refractivity contribution in [1.29, 1.82) is 0 Å². The van der Waals surface area contributed by atoms with Crippen molar-refractivity contribution in [2.24, 2.45) is 0 Å². The number of pyridine rings is 1. The van der Waals surface area contributed by atoms with Gasteiger partial charge in [0.05, 0.1) is 11.6 Å². The van der Waals surface area contributed by atoms with Gasteiger partial charge in [-0.05, 0) is 36.9 Å². The van der Waals surface area contributed by atoms with Crippen LogP contribution in [0.3, 0.4) is 0 Å². The van der Waals surface area contributed by atoms with Gasteiger partial charge in [-0.25, -0.2) is 0 Å². The first-order valence-corrected chi connectivity index (χ1v) is 7.28. The Bertz CT molecular complexity index is 557. The molecule has 0 spiro atoms. The van der Waals surface area contributed by atoms with Crippen molar-refractivity contribution in [3.8, 4) is 0 Å². The Kier molecular flexibility index (Phi) is 4.58. The fourth-order valence-electron chi connectivity index (χ4n) is 1.88. The van der Waals surface area contributed by atoms with Gasteiger partial charge in [-0.2, -0.15) is 0 Å². The largest absolute Gasteiger partial charge is 0.345 e. The van der Waals surface area contributed by atoms with E-state index in [0.29, 0.717) is 5.56 Å². The van der Waals surface area contributed by atoms with Crippen LogP contribution in [-0.4, -0.2) is 17.1 Å². The van der Waals surface area contributed by atoms with Crippen molar-refractivity contribution >= 4 is 17.7 Å². The van der Waals surface area contributed by atoms with Gasteiger partial charge < -0.3 is 5.32 Å². The van der Waals surface area contributed by atoms with E-state index in [9.17, 15) is 4.79 Å². The van der Waals surface area contributed by atoms with Crippen molar-refractivity contribution in [2.45, 2.75) is 17.9 Å². The standard InChI is InChI=1S/C15H16N2OS/c1-11(13-7-3-4-8-14(13)19-2)17-15(18)12-6-5-9-16-10-12/h3-11H,1-2H3,(H,17,18)/t11-/m1/s1. The minimum absolute atomic E-state index is 0.0312. The average Bonchev–Trinajstić information content (AvgIpc) is 2.48. The van der Waals surface area contributed by atoms with Crippen LogP contribution in [0.4, 0.5) is 0 Å². The number of nitrogens with one attached hydrogen (secondary N) is 1. The van der Waals surface area contributed by atoms with E-state index in [1.807, 2.05) is 31.4 Å². The molecule has 98 valence electrons. The zero-order chi connectivity index (χ0) is 13.7. The topological polar surface area (TPSA) is 42.0 Å². The van der Waals surface area contributed by atoms with E-state index in [4.69, 9.17) is 0 Å². The molecule has 0 aliphatic rings. The van der Waals surface area contributed by atoms with Gasteiger partial charge in [0.2, 0.25) is 0 Å². The molecule has 1 N–H and O–H groups in total. The molecule has 1 amide bonds. The second-order valence-corrected chi connectivity index (χ2v) is 5.03. The molecular formula is C15H16N2OS. The molecule has 0 bridgehead atoms. The number of carbonyl (C=O) groups excluding carboxylic acids is 1. The number of hydrogen-bond acceptors (Lipinski definition) is 3. The number of amides is 1. The fraction of sp³-hybridized carbons (Fsp3) is 0.200. The normalized spacial score (nSPS) is 11.9. The van der Waals surface area contributed by atoms with E-state index < -0.39 is 0 Å². The highest BCUT2D eigenvalue weighted by atomic mass is 32.2. The summed E-state index contributed by atoms with van der Waals surface area (Å²) in [7, 11) is 0. The highest BCUT2D eigenvalue weighted by molar-refractivity contribution is 7.98. The molecule has 1 heterocycles. The van der Waals surface area contributed by atoms with Gasteiger partial charge in [0.1, 0.15) is 0 Å². The lowest BCUT2D eigenvalue weighted by molar-refractivity contribution is 0.0939. The number of nitrogens with zero attached hydrogens (tertiary/aromatic N) is 1. The summed E-state index contributed by atoms with van der Waals surface area (Å²) in [6, 6.07) is 11.6. The van der Waals surface area contributed by atoms with Crippen LogP contribution in [0.15, 0.2) is 53.7 Å². The average molecular weight is 272 g/mol. The second kappa shape index (κ2) is 6.38. The minimum Gasteiger partial charge on any atom is -0.345 e. The molecule has 19 heavy (non-hydrogen) atoms. The van der Waals surface area contributed by atoms with Crippen LogP contribution >= 0.6 is 11.8 Å². The summed E-state index contributed by atoms with van der Waals surface area (Å²) in [5, 5.41) is 2.99. The van der Waals surface area contributed by atoms with Crippen LogP contribution < -0.4 is 5.32 Å². The maximum Gasteiger partial charge on any atom is 0.253 e. The predicted molar refractivity (Wildman–Crippen MR) is 78.3 cm³/mol. The molecule has 1 aromatic heterocycles. The van der Waals surface area contributed by atoms with Gasteiger partial charge in [-0.3, -0.25) is 9.78 Å². The first-order valence-electron chi connectivity index (χ1n) is 6.06. The van der Waals surface area contributed by atoms with E-state index >= 15 is 0 Å². The molecule has 0 radical (unpaired) electrons. The second-order valence-electron chi connectivity index (χ2n) is 4.18. The lowest BCUT2D eigenvalue weighted by Gasteiger charge is -2.17. The van der Waals surface area contributed by atoms with E-state index in [0.717, 1.165) is 5.56 Å². The van der Waals surface area contributed by atoms with Crippen LogP contribution in [0, 0.1) is 0 Å². The zero-order valence-electron chi connectivity index (χ0n) is 11.0. The lowest BCUT2D eigenvalue weighted by Crippen LogP contribution is -2.27. The SMILES string of the molecule is CSc1ccccc1[C@@H](C)NC(=O)c1cccnc1. The number of benzene rings is 1. The third kappa shape index (κ3) is 3.35. The number of hydrogen-bond donors (Lipinski definition) is 1. The molecule has 0 aliphatic heterocycles. The Hall–Kier alpha value is -1.81. The summed E-state index contributed by atoms with van der Waals surface area (Å²) >= 11 is 1.68. The van der Waals surface area contributed by atoms with Gasteiger partial charge in [-0.15, -0.1) is 11.8 Å². The van der Waals surface area contributed by atoms with Gasteiger partial charge in [0.25, 0.3) is 5.91 Å². The molecule has 2 aromatic rings. The third-order valence-corrected chi connectivity index (χ3v) is 3.69. The zero-order valence-corrected chi connectivity index (χ0v) is 11.8. The molecule has 1 atom stereocenters. The minimum atomic E-state index is -0.100. The van der Waals surface area contributed by atoms with Gasteiger partial charge >= 0.3 is 0 Å². The molecule has 3 nitrogen and oxygen atoms in total. The Labute approximate surface area is 117 Å². The number of rotatable bonds is 4. The Balaban J connectivity index is 2.13. The maximum atomic E-state index is 12.1. The van der Waals surface area contributed by atoms with Crippen LogP contribution in [0.5, 0.6) is 0 Å². The van der Waals surface area contributed by atoms with Crippen molar-refractivity contribution in [3.63, 3.8) is 0 Å². The maximum absolute atomic E-state index is 12.1. The third-order valence-electron chi connectivity index (χ3n) is 2.88. The van der Waals surface area contributed by atoms with Crippen molar-refractivity contribution in [2.75, 3.05) is 6.26 Å². The molecule has 0 saturated heterocycles. The molecular weight excluding hydrogens is 256 g/mol. The molecule has 0 fully saturated rings. The molecule has 2 rings (SSSR count). The molecule has 1 aromatic carbocycles. The highest BCUT2D eigenvalue weighted by Crippen LogP contribution is 2.25. The molecule has 4 heteroatoms. The summed E-state index contributed by atoms with van der Waals surface area (Å²) in [5.74, 6) is -0.100. The number of aromatic nitrogens is 1. The van der Waals surface area contributed by atoms with Crippen molar-refractivity contribution in [1.82, 2.24) is 10.3 Å². The van der Waals surface area contributed by atoms with Crippen LogP contribution in [0.1, 0.15) is 28.9 Å². The van der Waals surface area contributed by atoms with Crippen molar-refractivity contribution in [3.05, 3.63) is 59.9 Å². The summed E-state index contributed by atoms with van der Waals surface area (Å²) in [6.45, 7) is 1.99. The molecule has 0 unspecified atom stereocenters. The van der Waals surface area contributed by atoms with Gasteiger partial charge in [-0.1, -0.05) is 18.2 Å². The first kappa shape index (κ1) is 13.6. The Morgan fingerprint density at radius 1 is 1.26 bits per heavy atom. The van der Waals surface area contributed by atoms with Crippen molar-refractivity contribution < 1.29 is 4.79 Å². The monoisotopic (exact) mass is 272 g/mol. The van der Waals surface area contributed by atoms with Crippen LogP contribution in [-0.2, 0) is 0 Å². The van der Waals surface area contributed by atoms with Crippen LogP contribution in [0.2, 0.25) is 0 Å². The predicted octanol–water partition coefficient (Wildman–Crippen LogP) is 3.29. The Morgan fingerprint density at radius 3 is 2.74 bits per heavy atom. The number of thioether (sulfide) groups is 1. The van der Waals surface area contributed by atoms with Gasteiger partial charge in [0, 0.05) is 17.3 Å². The highest BCUT2D eigenvalue weighted by Gasteiger charge is 2.13. The van der Waals surface area contributed by atoms with E-state index in [1.165, 1.54) is 4.90 Å². The lowest BCUT2D eigenvalue weighted by atomic mass is 10.1. The summed E-state index contributed by atoms with van der Waals surface area (Å²) in [4.78, 5) is 17.2. The molecule has 0 aliphatic carbocycles. The van der Waals surface area contributed by atoms with E-state index in [2.05, 4.69) is 16.4 Å². The summed E-state index contributed by atoms with van der Waals surface area (Å²) in [6.07, 6.45) is 5.26. The smallest absolute Gasteiger partial charge is 0.253 e. The van der Waals surface area contributed by atoms with Crippen LogP contribution in [0.25, 0.3) is 0 Å². The first-order chi connectivity index (χ1) is 9.22. The van der Waals surface area contributed by atoms with E-state index in [-0.39, 0.29) is 11.9 Å². The quantitative estimate of drug-likeness (QED) is 0.868. The fourth-order valence-corrected chi connectivity index (χ4v) is 2.57.